The van der Waals surface area contributed by atoms with E-state index in [1.165, 1.54) is 7.11 Å². The van der Waals surface area contributed by atoms with Gasteiger partial charge < -0.3 is 24.3 Å². The quantitative estimate of drug-likeness (QED) is 0.239. The summed E-state index contributed by atoms with van der Waals surface area (Å²) in [6.07, 6.45) is 3.59. The minimum atomic E-state index is -3.42. The highest BCUT2D eigenvalue weighted by Gasteiger charge is 2.48. The average Bonchev–Trinajstić information content (AvgIpc) is 3.12. The summed E-state index contributed by atoms with van der Waals surface area (Å²) < 4.78 is 43.7. The summed E-state index contributed by atoms with van der Waals surface area (Å²) in [5.41, 5.74) is 3.52. The number of phenolic OH excluding ortho intramolecular Hbond substituents is 1. The third-order valence-corrected chi connectivity index (χ3v) is 9.51. The van der Waals surface area contributed by atoms with Gasteiger partial charge in [-0.25, -0.2) is 8.42 Å². The number of aromatic hydroxyl groups is 1. The fourth-order valence-electron chi connectivity index (χ4n) is 4.83. The fourth-order valence-corrected chi connectivity index (χ4v) is 7.56. The van der Waals surface area contributed by atoms with Gasteiger partial charge >= 0.3 is 7.12 Å². The van der Waals surface area contributed by atoms with Crippen LogP contribution in [-0.2, 0) is 14.5 Å². The molecule has 2 heterocycles. The van der Waals surface area contributed by atoms with Crippen molar-refractivity contribution in [3.05, 3.63) is 68.3 Å². The van der Waals surface area contributed by atoms with E-state index >= 15 is 0 Å². The molecule has 0 bridgehead atoms. The second kappa shape index (κ2) is 11.6. The summed E-state index contributed by atoms with van der Waals surface area (Å²) in [6.45, 7) is 2.24. The standard InChI is InChI=1S/C26H30BIO7S/c1-3-17(11-18-12-21(28)26(29)23(13-18)33-2)9-10-22-25-19(15-34-20-7-5-4-6-8-20)16-36(31,32)24(25)14-27(30)35-22/h4-8,11-13,22,24,29-30H,3,9-10,14-16H2,1-2H3/b17-11+/t22-,24+/m1/s1. The molecule has 10 heteroatoms. The van der Waals surface area contributed by atoms with Gasteiger partial charge in [0.25, 0.3) is 0 Å². The number of hydrogen-bond donors (Lipinski definition) is 2. The van der Waals surface area contributed by atoms with Gasteiger partial charge in [0.15, 0.2) is 21.3 Å². The van der Waals surface area contributed by atoms with Crippen molar-refractivity contribution in [2.45, 2.75) is 43.9 Å². The maximum atomic E-state index is 13.0. The number of allylic oxidation sites excluding steroid dienone is 1. The van der Waals surface area contributed by atoms with Crippen LogP contribution < -0.4 is 9.47 Å². The van der Waals surface area contributed by atoms with Gasteiger partial charge in [-0.15, -0.1) is 0 Å². The number of phenols is 1. The molecule has 192 valence electrons. The van der Waals surface area contributed by atoms with E-state index in [-0.39, 0.29) is 24.4 Å². The summed E-state index contributed by atoms with van der Waals surface area (Å²) in [7, 11) is -3.03. The van der Waals surface area contributed by atoms with Crippen LogP contribution in [0.3, 0.4) is 0 Å². The number of benzene rings is 2. The van der Waals surface area contributed by atoms with Gasteiger partial charge in [0, 0.05) is 6.32 Å². The first-order valence-corrected chi connectivity index (χ1v) is 14.7. The van der Waals surface area contributed by atoms with Crippen molar-refractivity contribution < 1.29 is 32.7 Å². The van der Waals surface area contributed by atoms with Gasteiger partial charge in [0.1, 0.15) is 12.4 Å². The summed E-state index contributed by atoms with van der Waals surface area (Å²) in [5, 5.41) is 19.7. The third-order valence-electron chi connectivity index (χ3n) is 6.63. The van der Waals surface area contributed by atoms with E-state index < -0.39 is 28.3 Å². The third kappa shape index (κ3) is 6.09. The van der Waals surface area contributed by atoms with Gasteiger partial charge in [-0.05, 0) is 82.8 Å². The molecule has 2 N–H and O–H groups in total. The van der Waals surface area contributed by atoms with Crippen LogP contribution in [0.15, 0.2) is 59.2 Å². The second-order valence-corrected chi connectivity index (χ2v) is 12.4. The van der Waals surface area contributed by atoms with Crippen LogP contribution in [-0.4, -0.2) is 56.5 Å². The molecule has 1 saturated heterocycles. The zero-order valence-electron chi connectivity index (χ0n) is 20.3. The van der Waals surface area contributed by atoms with Crippen LogP contribution in [0.1, 0.15) is 31.7 Å². The monoisotopic (exact) mass is 624 g/mol. The predicted molar refractivity (Wildman–Crippen MR) is 149 cm³/mol. The van der Waals surface area contributed by atoms with Crippen molar-refractivity contribution >= 4 is 45.6 Å². The molecular formula is C26H30BIO7S. The number of halogens is 1. The van der Waals surface area contributed by atoms with E-state index in [1.54, 1.807) is 6.07 Å². The Morgan fingerprint density at radius 3 is 2.72 bits per heavy atom. The summed E-state index contributed by atoms with van der Waals surface area (Å²) in [5.74, 6) is 1.13. The van der Waals surface area contributed by atoms with E-state index in [2.05, 4.69) is 35.6 Å². The van der Waals surface area contributed by atoms with Crippen molar-refractivity contribution in [3.63, 3.8) is 0 Å². The number of ether oxygens (including phenoxy) is 2. The van der Waals surface area contributed by atoms with Crippen LogP contribution in [0.5, 0.6) is 17.2 Å². The molecule has 2 aromatic carbocycles. The lowest BCUT2D eigenvalue weighted by molar-refractivity contribution is 0.168. The summed E-state index contributed by atoms with van der Waals surface area (Å²) in [6, 6.07) is 13.0. The van der Waals surface area contributed by atoms with E-state index in [0.717, 1.165) is 28.7 Å². The lowest BCUT2D eigenvalue weighted by Gasteiger charge is -2.32. The molecule has 0 radical (unpaired) electrons. The Morgan fingerprint density at radius 1 is 1.28 bits per heavy atom. The summed E-state index contributed by atoms with van der Waals surface area (Å²) in [4.78, 5) is 0. The van der Waals surface area contributed by atoms with Crippen molar-refractivity contribution in [3.8, 4) is 17.2 Å². The lowest BCUT2D eigenvalue weighted by Crippen LogP contribution is -2.42. The molecule has 0 aromatic heterocycles. The van der Waals surface area contributed by atoms with Crippen LogP contribution in [0.4, 0.5) is 0 Å². The SMILES string of the molecule is CC/C(=C\c1cc(I)c(O)c(OC)c1)CC[C@H]1OB(O)C[C@H]2C1=C(COc1ccccc1)CS2(=O)=O. The average molecular weight is 624 g/mol. The molecule has 0 spiro atoms. The maximum Gasteiger partial charge on any atom is 0.456 e. The van der Waals surface area contributed by atoms with Gasteiger partial charge in [-0.3, -0.25) is 0 Å². The van der Waals surface area contributed by atoms with Crippen molar-refractivity contribution in [2.24, 2.45) is 0 Å². The predicted octanol–water partition coefficient (Wildman–Crippen LogP) is 4.63. The Hall–Kier alpha value is -2.02. The van der Waals surface area contributed by atoms with Crippen molar-refractivity contribution in [1.29, 1.82) is 0 Å². The Kier molecular flexibility index (Phi) is 8.69. The normalized spacial score (nSPS) is 21.4. The number of rotatable bonds is 9. The van der Waals surface area contributed by atoms with E-state index in [0.29, 0.717) is 27.9 Å². The van der Waals surface area contributed by atoms with Crippen molar-refractivity contribution in [2.75, 3.05) is 19.5 Å². The Balaban J connectivity index is 1.56. The van der Waals surface area contributed by atoms with Crippen LogP contribution in [0, 0.1) is 3.57 Å². The topological polar surface area (TPSA) is 102 Å². The zero-order chi connectivity index (χ0) is 25.9. The molecule has 0 aliphatic carbocycles. The lowest BCUT2D eigenvalue weighted by atomic mass is 9.74. The van der Waals surface area contributed by atoms with E-state index in [9.17, 15) is 18.5 Å². The zero-order valence-corrected chi connectivity index (χ0v) is 23.3. The van der Waals surface area contributed by atoms with Gasteiger partial charge in [-0.1, -0.05) is 36.8 Å². The highest BCUT2D eigenvalue weighted by Crippen LogP contribution is 2.40. The van der Waals surface area contributed by atoms with E-state index in [1.807, 2.05) is 36.4 Å². The van der Waals surface area contributed by atoms with Crippen LogP contribution in [0.25, 0.3) is 6.08 Å². The highest BCUT2D eigenvalue weighted by molar-refractivity contribution is 14.1. The number of para-hydroxylation sites is 1. The molecule has 0 amide bonds. The minimum Gasteiger partial charge on any atom is -0.504 e. The van der Waals surface area contributed by atoms with Gasteiger partial charge in [0.2, 0.25) is 0 Å². The smallest absolute Gasteiger partial charge is 0.456 e. The number of fused-ring (bicyclic) bond motifs is 1. The molecule has 2 atom stereocenters. The Labute approximate surface area is 226 Å². The minimum absolute atomic E-state index is 0.0468. The number of methoxy groups -OCH3 is 1. The largest absolute Gasteiger partial charge is 0.504 e. The maximum absolute atomic E-state index is 13.0. The Bertz CT molecular complexity index is 1260. The van der Waals surface area contributed by atoms with Crippen LogP contribution >= 0.6 is 22.6 Å². The second-order valence-electron chi connectivity index (χ2n) is 9.02. The van der Waals surface area contributed by atoms with Crippen molar-refractivity contribution in [1.82, 2.24) is 0 Å². The molecule has 36 heavy (non-hydrogen) atoms. The Morgan fingerprint density at radius 2 is 2.03 bits per heavy atom. The molecule has 2 aliphatic rings. The summed E-state index contributed by atoms with van der Waals surface area (Å²) >= 11 is 2.07. The first-order valence-electron chi connectivity index (χ1n) is 11.9. The first-order chi connectivity index (χ1) is 17.2. The van der Waals surface area contributed by atoms with Gasteiger partial charge in [-0.2, -0.15) is 0 Å². The first kappa shape index (κ1) is 27.0. The van der Waals surface area contributed by atoms with E-state index in [4.69, 9.17) is 14.1 Å². The number of hydrogen-bond acceptors (Lipinski definition) is 7. The molecule has 2 aromatic rings. The molecule has 0 saturated carbocycles. The fraction of sp³-hybridized carbons (Fsp3) is 0.385. The number of sulfone groups is 1. The molecule has 4 rings (SSSR count). The van der Waals surface area contributed by atoms with Gasteiger partial charge in [0.05, 0.1) is 27.8 Å². The molecule has 0 unspecified atom stereocenters. The molecule has 1 fully saturated rings. The highest BCUT2D eigenvalue weighted by atomic mass is 127. The molecule has 7 nitrogen and oxygen atoms in total. The molecule has 2 aliphatic heterocycles. The molecular weight excluding hydrogens is 594 g/mol. The van der Waals surface area contributed by atoms with Crippen LogP contribution in [0.2, 0.25) is 6.32 Å².